The molecule has 0 saturated heterocycles. The number of sulfonamides is 1. The summed E-state index contributed by atoms with van der Waals surface area (Å²) in [6.45, 7) is 1.60. The molecule has 0 unspecified atom stereocenters. The first-order valence-electron chi connectivity index (χ1n) is 7.92. The van der Waals surface area contributed by atoms with Crippen LogP contribution in [0.4, 0.5) is 10.1 Å². The van der Waals surface area contributed by atoms with Gasteiger partial charge in [-0.1, -0.05) is 17.7 Å². The van der Waals surface area contributed by atoms with Crippen LogP contribution >= 0.6 is 11.6 Å². The Morgan fingerprint density at radius 2 is 2.30 bits per heavy atom. The summed E-state index contributed by atoms with van der Waals surface area (Å²) in [5, 5.41) is -1.42. The van der Waals surface area contributed by atoms with Gasteiger partial charge < -0.3 is 4.74 Å². The number of anilines is 1. The number of halogens is 2. The van der Waals surface area contributed by atoms with Crippen LogP contribution < -0.4 is 4.72 Å². The lowest BCUT2D eigenvalue weighted by Gasteiger charge is -2.24. The molecule has 0 spiro atoms. The van der Waals surface area contributed by atoms with E-state index in [-0.39, 0.29) is 35.7 Å². The molecule has 5 nitrogen and oxygen atoms in total. The first kappa shape index (κ1) is 15.0. The van der Waals surface area contributed by atoms with Gasteiger partial charge in [-0.3, -0.25) is 4.72 Å². The Labute approximate surface area is 142 Å². The van der Waals surface area contributed by atoms with Gasteiger partial charge in [-0.05, 0) is 44.3 Å². The molecular weight excluding hydrogens is 345 g/mol. The van der Waals surface area contributed by atoms with Crippen LogP contribution in [0.25, 0.3) is 0 Å². The van der Waals surface area contributed by atoms with Crippen molar-refractivity contribution >= 4 is 33.3 Å². The van der Waals surface area contributed by atoms with E-state index in [9.17, 15) is 17.6 Å². The van der Waals surface area contributed by atoms with Gasteiger partial charge in [0.1, 0.15) is 11.1 Å². The van der Waals surface area contributed by atoms with E-state index in [4.69, 9.17) is 19.1 Å². The Bertz CT molecular complexity index is 814. The van der Waals surface area contributed by atoms with Crippen LogP contribution in [0.3, 0.4) is 0 Å². The minimum Gasteiger partial charge on any atom is -0.463 e. The topological polar surface area (TPSA) is 72.5 Å². The molecular formula is C15H17ClFNO4S. The Balaban J connectivity index is 2.37. The third-order valence-corrected chi connectivity index (χ3v) is 5.28. The maximum absolute atomic E-state index is 13.1. The first-order valence-corrected chi connectivity index (χ1v) is 8.85. The van der Waals surface area contributed by atoms with Crippen molar-refractivity contribution in [2.75, 3.05) is 11.3 Å². The van der Waals surface area contributed by atoms with E-state index in [0.29, 0.717) is 0 Å². The Morgan fingerprint density at radius 1 is 1.57 bits per heavy atom. The second-order valence-corrected chi connectivity index (χ2v) is 7.09. The van der Waals surface area contributed by atoms with Crippen LogP contribution in [0.1, 0.15) is 28.9 Å². The predicted molar refractivity (Wildman–Crippen MR) is 86.3 cm³/mol. The summed E-state index contributed by atoms with van der Waals surface area (Å²) in [4.78, 5) is 12.1. The quantitative estimate of drug-likeness (QED) is 0.815. The van der Waals surface area contributed by atoms with E-state index in [1.54, 1.807) is 6.92 Å². The number of benzene rings is 1. The third-order valence-electron chi connectivity index (χ3n) is 3.22. The molecule has 1 aromatic rings. The monoisotopic (exact) mass is 363 g/mol. The van der Waals surface area contributed by atoms with Crippen molar-refractivity contribution in [3.05, 3.63) is 40.7 Å². The summed E-state index contributed by atoms with van der Waals surface area (Å²) in [5.41, 5.74) is -0.288. The normalized spacial score (nSPS) is 21.7. The number of esters is 1. The molecule has 1 aliphatic carbocycles. The molecule has 0 saturated carbocycles. The lowest BCUT2D eigenvalue weighted by atomic mass is 9.99. The molecule has 126 valence electrons. The lowest BCUT2D eigenvalue weighted by Crippen LogP contribution is -2.34. The zero-order valence-electron chi connectivity index (χ0n) is 14.3. The van der Waals surface area contributed by atoms with E-state index in [1.165, 1.54) is 6.07 Å². The average molecular weight is 364 g/mol. The zero-order valence-corrected chi connectivity index (χ0v) is 13.9. The minimum absolute atomic E-state index is 0.0279. The fourth-order valence-corrected chi connectivity index (χ4v) is 3.99. The molecule has 0 fully saturated rings. The molecule has 0 aliphatic heterocycles. The van der Waals surface area contributed by atoms with Gasteiger partial charge in [-0.2, -0.15) is 0 Å². The van der Waals surface area contributed by atoms with Gasteiger partial charge in [0.05, 0.1) is 22.9 Å². The van der Waals surface area contributed by atoms with Gasteiger partial charge in [0.15, 0.2) is 0 Å². The van der Waals surface area contributed by atoms with Gasteiger partial charge in [0.2, 0.25) is 10.0 Å². The third kappa shape index (κ3) is 4.23. The second-order valence-electron chi connectivity index (χ2n) is 4.82. The number of allylic oxidation sites excluding steroid dienone is 1. The maximum atomic E-state index is 13.1. The number of ether oxygens (including phenoxy) is 1. The lowest BCUT2D eigenvalue weighted by molar-refractivity contribution is -0.138. The molecule has 23 heavy (non-hydrogen) atoms. The van der Waals surface area contributed by atoms with Crippen molar-refractivity contribution in [2.24, 2.45) is 0 Å². The number of carbonyl (C=O) groups is 1. The molecule has 1 atom stereocenters. The minimum atomic E-state index is -4.13. The fraction of sp³-hybridized carbons (Fsp3) is 0.400. The molecule has 2 rings (SSSR count). The zero-order chi connectivity index (χ0) is 18.8. The average Bonchev–Trinajstić information content (AvgIpc) is 2.49. The molecule has 0 radical (unpaired) electrons. The van der Waals surface area contributed by atoms with Crippen LogP contribution in [-0.2, 0) is 19.6 Å². The second kappa shape index (κ2) is 7.31. The number of nitrogens with one attached hydrogen (secondary N) is 1. The summed E-state index contributed by atoms with van der Waals surface area (Å²) in [5.74, 6) is -1.50. The van der Waals surface area contributed by atoms with E-state index in [1.807, 2.05) is 0 Å². The van der Waals surface area contributed by atoms with Crippen LogP contribution in [0.15, 0.2) is 29.8 Å². The fourth-order valence-electron chi connectivity index (χ4n) is 2.17. The molecule has 1 N–H and O–H groups in total. The number of hydrogen-bond acceptors (Lipinski definition) is 4. The molecule has 1 aromatic carbocycles. The highest BCUT2D eigenvalue weighted by atomic mass is 35.5. The maximum Gasteiger partial charge on any atom is 0.335 e. The van der Waals surface area contributed by atoms with Gasteiger partial charge in [-0.25, -0.2) is 17.6 Å². The largest absolute Gasteiger partial charge is 0.463 e. The standard InChI is InChI=1S/C15H17ClFNO4S/c1-2-22-15(19)11-5-3-4-6-14(11)23(20,21)18-13-8-7-10(17)9-12(13)16/h5,7-9,14,18H,2-4,6H2,1H3/t14-/m0/s1/i3D2. The Morgan fingerprint density at radius 3 is 2.96 bits per heavy atom. The molecule has 0 amide bonds. The Hall–Kier alpha value is -1.60. The van der Waals surface area contributed by atoms with Crippen LogP contribution in [0.5, 0.6) is 0 Å². The van der Waals surface area contributed by atoms with Gasteiger partial charge in [0.25, 0.3) is 0 Å². The number of carbonyl (C=O) groups excluding carboxylic acids is 1. The van der Waals surface area contributed by atoms with Crippen molar-refractivity contribution in [1.29, 1.82) is 0 Å². The summed E-state index contributed by atoms with van der Waals surface area (Å²) in [6, 6.07) is 3.18. The van der Waals surface area contributed by atoms with E-state index < -0.39 is 33.4 Å². The van der Waals surface area contributed by atoms with Gasteiger partial charge >= 0.3 is 5.97 Å². The number of hydrogen-bond donors (Lipinski definition) is 1. The molecule has 0 aromatic heterocycles. The van der Waals surface area contributed by atoms with Gasteiger partial charge in [0, 0.05) is 2.74 Å². The van der Waals surface area contributed by atoms with Crippen molar-refractivity contribution in [1.82, 2.24) is 0 Å². The highest BCUT2D eigenvalue weighted by molar-refractivity contribution is 7.93. The van der Waals surface area contributed by atoms with E-state index in [2.05, 4.69) is 4.72 Å². The van der Waals surface area contributed by atoms with Crippen LogP contribution in [0, 0.1) is 5.82 Å². The molecule has 0 bridgehead atoms. The highest BCUT2D eigenvalue weighted by Crippen LogP contribution is 2.30. The molecule has 1 aliphatic rings. The highest BCUT2D eigenvalue weighted by Gasteiger charge is 2.35. The smallest absolute Gasteiger partial charge is 0.335 e. The van der Waals surface area contributed by atoms with Gasteiger partial charge in [-0.15, -0.1) is 0 Å². The van der Waals surface area contributed by atoms with E-state index >= 15 is 0 Å². The number of rotatable bonds is 5. The summed E-state index contributed by atoms with van der Waals surface area (Å²) in [7, 11) is -4.13. The predicted octanol–water partition coefficient (Wildman–Crippen LogP) is 3.26. The Kier molecular flexibility index (Phi) is 4.76. The van der Waals surface area contributed by atoms with Crippen molar-refractivity contribution in [3.8, 4) is 0 Å². The SMILES string of the molecule is [2H]C1([2H])C=C(C(=O)OCC)[C@@H](S(=O)(=O)Nc2ccc(F)cc2Cl)CC1. The van der Waals surface area contributed by atoms with Crippen LogP contribution in [0.2, 0.25) is 5.02 Å². The summed E-state index contributed by atoms with van der Waals surface area (Å²) < 4.78 is 61.1. The first-order chi connectivity index (χ1) is 11.6. The molecule has 0 heterocycles. The summed E-state index contributed by atoms with van der Waals surface area (Å²) >= 11 is 5.84. The summed E-state index contributed by atoms with van der Waals surface area (Å²) in [6.07, 6.45) is -0.989. The van der Waals surface area contributed by atoms with Crippen molar-refractivity contribution in [2.45, 2.75) is 31.4 Å². The molecule has 8 heteroatoms. The van der Waals surface area contributed by atoms with Crippen LogP contribution in [-0.4, -0.2) is 26.2 Å². The van der Waals surface area contributed by atoms with Crippen molar-refractivity contribution in [3.63, 3.8) is 0 Å². The van der Waals surface area contributed by atoms with E-state index in [0.717, 1.165) is 18.2 Å². The van der Waals surface area contributed by atoms with Crippen molar-refractivity contribution < 1.29 is 25.1 Å².